The number of rotatable bonds is 8. The van der Waals surface area contributed by atoms with Crippen molar-refractivity contribution in [1.29, 1.82) is 0 Å². The second-order valence-electron chi connectivity index (χ2n) is 6.75. The topological polar surface area (TPSA) is 94.8 Å². The second kappa shape index (κ2) is 11.6. The smallest absolute Gasteiger partial charge is 0.387 e. The first-order chi connectivity index (χ1) is 15.6. The van der Waals surface area contributed by atoms with Gasteiger partial charge in [-0.15, -0.1) is 24.0 Å². The van der Waals surface area contributed by atoms with Crippen molar-refractivity contribution < 1.29 is 23.0 Å². The first-order valence-corrected chi connectivity index (χ1v) is 9.96. The van der Waals surface area contributed by atoms with Gasteiger partial charge >= 0.3 is 6.61 Å². The molecule has 2 N–H and O–H groups in total. The number of alkyl halides is 2. The Kier molecular flexibility index (Phi) is 8.63. The molecule has 3 aromatic rings. The van der Waals surface area contributed by atoms with Gasteiger partial charge in [-0.05, 0) is 30.7 Å². The molecule has 1 aliphatic rings. The zero-order valence-electron chi connectivity index (χ0n) is 17.7. The van der Waals surface area contributed by atoms with Crippen molar-refractivity contribution in [2.24, 2.45) is 4.99 Å². The summed E-state index contributed by atoms with van der Waals surface area (Å²) in [7, 11) is 0. The fourth-order valence-corrected chi connectivity index (χ4v) is 3.10. The summed E-state index contributed by atoms with van der Waals surface area (Å²) in [4.78, 5) is 8.50. The van der Waals surface area contributed by atoms with Gasteiger partial charge in [0.25, 0.3) is 0 Å². The number of hydrogen-bond acceptors (Lipinski definition) is 6. The number of aliphatic imine (C=N–C) groups is 1. The second-order valence-corrected chi connectivity index (χ2v) is 6.75. The molecule has 0 atom stereocenters. The van der Waals surface area contributed by atoms with Crippen molar-refractivity contribution in [3.8, 4) is 22.9 Å². The monoisotopic (exact) mass is 572 g/mol. The zero-order valence-corrected chi connectivity index (χ0v) is 20.0. The highest BCUT2D eigenvalue weighted by molar-refractivity contribution is 14.0. The summed E-state index contributed by atoms with van der Waals surface area (Å²) >= 11 is 0. The number of hydrogen-bond donors (Lipinski definition) is 2. The van der Waals surface area contributed by atoms with Gasteiger partial charge in [0.1, 0.15) is 18.4 Å². The van der Waals surface area contributed by atoms with Gasteiger partial charge in [-0.3, -0.25) is 0 Å². The van der Waals surface area contributed by atoms with Crippen molar-refractivity contribution in [2.75, 3.05) is 13.3 Å². The van der Waals surface area contributed by atoms with E-state index in [0.717, 1.165) is 11.3 Å². The third-order valence-corrected chi connectivity index (χ3v) is 4.60. The third-order valence-electron chi connectivity index (χ3n) is 4.60. The molecule has 1 aromatic heterocycles. The normalized spacial score (nSPS) is 12.4. The standard InChI is InChI=1S/C21H22F2N6O3.HI/c1-2-25-21(26-9-14-3-5-16(6-4-14)29-12-24-11-28-29)27-10-15-7-18-19(31-13-30-18)8-17(15)32-20(22)23;/h3-8,11-12,20H,2,9-10,13H2,1H3,(H2,25,26,27);1H. The largest absolute Gasteiger partial charge is 0.454 e. The molecule has 0 saturated carbocycles. The van der Waals surface area contributed by atoms with Crippen LogP contribution in [0.1, 0.15) is 18.1 Å². The van der Waals surface area contributed by atoms with Crippen molar-refractivity contribution >= 4 is 29.9 Å². The summed E-state index contributed by atoms with van der Waals surface area (Å²) in [6.45, 7) is 0.301. The Bertz CT molecular complexity index is 1060. The summed E-state index contributed by atoms with van der Waals surface area (Å²) in [6.07, 6.45) is 3.10. The van der Waals surface area contributed by atoms with Gasteiger partial charge in [0, 0.05) is 24.7 Å². The summed E-state index contributed by atoms with van der Waals surface area (Å²) in [5.41, 5.74) is 2.39. The van der Waals surface area contributed by atoms with Crippen LogP contribution in [0.25, 0.3) is 5.69 Å². The predicted octanol–water partition coefficient (Wildman–Crippen LogP) is 3.47. The zero-order chi connectivity index (χ0) is 22.3. The van der Waals surface area contributed by atoms with E-state index in [0.29, 0.717) is 36.1 Å². The Balaban J connectivity index is 0.00000306. The molecule has 2 heterocycles. The maximum atomic E-state index is 12.8. The van der Waals surface area contributed by atoms with E-state index in [1.54, 1.807) is 17.1 Å². The molecule has 0 amide bonds. The van der Waals surface area contributed by atoms with Crippen molar-refractivity contribution in [3.05, 3.63) is 60.2 Å². The summed E-state index contributed by atoms with van der Waals surface area (Å²) in [6, 6.07) is 10.8. The highest BCUT2D eigenvalue weighted by Crippen LogP contribution is 2.38. The van der Waals surface area contributed by atoms with Crippen molar-refractivity contribution in [2.45, 2.75) is 26.6 Å². The minimum atomic E-state index is -2.95. The predicted molar refractivity (Wildman–Crippen MR) is 128 cm³/mol. The highest BCUT2D eigenvalue weighted by Gasteiger charge is 2.20. The molecule has 0 radical (unpaired) electrons. The Morgan fingerprint density at radius 2 is 1.94 bits per heavy atom. The summed E-state index contributed by atoms with van der Waals surface area (Å²) < 4.78 is 42.6. The van der Waals surface area contributed by atoms with Gasteiger partial charge in [-0.25, -0.2) is 14.7 Å². The van der Waals surface area contributed by atoms with Gasteiger partial charge in [0.15, 0.2) is 17.5 Å². The fraction of sp³-hybridized carbons (Fsp3) is 0.286. The number of fused-ring (bicyclic) bond motifs is 1. The lowest BCUT2D eigenvalue weighted by Gasteiger charge is -2.15. The van der Waals surface area contributed by atoms with Crippen LogP contribution in [0.2, 0.25) is 0 Å². The molecule has 0 bridgehead atoms. The molecule has 0 saturated heterocycles. The van der Waals surface area contributed by atoms with Gasteiger partial charge in [-0.1, -0.05) is 12.1 Å². The van der Waals surface area contributed by atoms with Crippen LogP contribution >= 0.6 is 24.0 Å². The molecular formula is C21H23F2IN6O3. The van der Waals surface area contributed by atoms with E-state index < -0.39 is 6.61 Å². The molecule has 9 nitrogen and oxygen atoms in total. The molecule has 33 heavy (non-hydrogen) atoms. The lowest BCUT2D eigenvalue weighted by Crippen LogP contribution is -2.36. The van der Waals surface area contributed by atoms with Crippen LogP contribution in [0.5, 0.6) is 17.2 Å². The number of nitrogens with one attached hydrogen (secondary N) is 2. The fourth-order valence-electron chi connectivity index (χ4n) is 3.10. The Morgan fingerprint density at radius 1 is 1.18 bits per heavy atom. The minimum Gasteiger partial charge on any atom is -0.454 e. The summed E-state index contributed by atoms with van der Waals surface area (Å²) in [5, 5.41) is 10.4. The molecule has 2 aromatic carbocycles. The molecule has 0 fully saturated rings. The average molecular weight is 572 g/mol. The van der Waals surface area contributed by atoms with E-state index in [9.17, 15) is 8.78 Å². The Labute approximate surface area is 206 Å². The molecule has 0 aliphatic carbocycles. The van der Waals surface area contributed by atoms with E-state index in [-0.39, 0.29) is 43.1 Å². The molecule has 0 unspecified atom stereocenters. The van der Waals surface area contributed by atoms with Gasteiger partial charge < -0.3 is 24.8 Å². The number of halogens is 3. The minimum absolute atomic E-state index is 0. The number of guanidine groups is 1. The van der Waals surface area contributed by atoms with Crippen LogP contribution in [0, 0.1) is 0 Å². The molecular weight excluding hydrogens is 549 g/mol. The van der Waals surface area contributed by atoms with E-state index in [2.05, 4.69) is 30.4 Å². The quantitative estimate of drug-likeness (QED) is 0.243. The van der Waals surface area contributed by atoms with Crippen LogP contribution in [-0.4, -0.2) is 40.7 Å². The lowest BCUT2D eigenvalue weighted by molar-refractivity contribution is -0.0505. The number of benzene rings is 2. The van der Waals surface area contributed by atoms with E-state index in [1.807, 2.05) is 31.2 Å². The Hall–Kier alpha value is -3.16. The van der Waals surface area contributed by atoms with Crippen molar-refractivity contribution in [1.82, 2.24) is 25.4 Å². The molecule has 12 heteroatoms. The maximum absolute atomic E-state index is 12.8. The molecule has 0 spiro atoms. The lowest BCUT2D eigenvalue weighted by atomic mass is 10.1. The van der Waals surface area contributed by atoms with Crippen LogP contribution in [0.3, 0.4) is 0 Å². The summed E-state index contributed by atoms with van der Waals surface area (Å²) in [5.74, 6) is 1.42. The van der Waals surface area contributed by atoms with Gasteiger partial charge in [0.2, 0.25) is 6.79 Å². The number of aromatic nitrogens is 3. The Morgan fingerprint density at radius 3 is 2.61 bits per heavy atom. The third kappa shape index (κ3) is 6.43. The van der Waals surface area contributed by atoms with Crippen LogP contribution in [0.4, 0.5) is 8.78 Å². The average Bonchev–Trinajstić information content (AvgIpc) is 3.47. The number of nitrogens with zero attached hydrogens (tertiary/aromatic N) is 4. The molecule has 176 valence electrons. The van der Waals surface area contributed by atoms with Crippen LogP contribution < -0.4 is 24.8 Å². The molecule has 4 rings (SSSR count). The van der Waals surface area contributed by atoms with E-state index >= 15 is 0 Å². The highest BCUT2D eigenvalue weighted by atomic mass is 127. The first-order valence-electron chi connectivity index (χ1n) is 9.96. The SMILES string of the molecule is CCNC(=NCc1ccc(-n2cncn2)cc1)NCc1cc2c(cc1OC(F)F)OCO2.I. The van der Waals surface area contributed by atoms with Crippen molar-refractivity contribution in [3.63, 3.8) is 0 Å². The van der Waals surface area contributed by atoms with Gasteiger partial charge in [0.05, 0.1) is 12.2 Å². The van der Waals surface area contributed by atoms with E-state index in [4.69, 9.17) is 9.47 Å². The first kappa shape index (κ1) is 24.5. The van der Waals surface area contributed by atoms with E-state index in [1.165, 1.54) is 12.4 Å². The van der Waals surface area contributed by atoms with Crippen LogP contribution in [0.15, 0.2) is 54.0 Å². The van der Waals surface area contributed by atoms with Gasteiger partial charge in [-0.2, -0.15) is 13.9 Å². The van der Waals surface area contributed by atoms with Crippen LogP contribution in [-0.2, 0) is 13.1 Å². The maximum Gasteiger partial charge on any atom is 0.387 e. The molecule has 1 aliphatic heterocycles. The number of ether oxygens (including phenoxy) is 3.